The van der Waals surface area contributed by atoms with Crippen LogP contribution in [0.1, 0.15) is 49.3 Å². The Morgan fingerprint density at radius 2 is 2.21 bits per heavy atom. The van der Waals surface area contributed by atoms with Crippen molar-refractivity contribution >= 4 is 0 Å². The fourth-order valence-electron chi connectivity index (χ4n) is 4.19. The van der Waals surface area contributed by atoms with E-state index in [1.54, 1.807) is 0 Å². The lowest BCUT2D eigenvalue weighted by Crippen LogP contribution is -2.31. The van der Waals surface area contributed by atoms with E-state index in [0.717, 1.165) is 29.7 Å². The van der Waals surface area contributed by atoms with E-state index in [-0.39, 0.29) is 11.9 Å². The van der Waals surface area contributed by atoms with Crippen LogP contribution in [0.15, 0.2) is 18.2 Å². The summed E-state index contributed by atoms with van der Waals surface area (Å²) in [5.74, 6) is 8.08. The maximum atomic E-state index is 14.2. The Bertz CT molecular complexity index is 460. The topological polar surface area (TPSA) is 38.0 Å². The largest absolute Gasteiger partial charge is 0.271 e. The SMILES string of the molecule is Cc1cccc(C(CC2CC3CCC2C3)NN)c1F. The van der Waals surface area contributed by atoms with Gasteiger partial charge < -0.3 is 0 Å². The van der Waals surface area contributed by atoms with Gasteiger partial charge >= 0.3 is 0 Å². The van der Waals surface area contributed by atoms with Gasteiger partial charge in [-0.15, -0.1) is 0 Å². The molecule has 19 heavy (non-hydrogen) atoms. The molecule has 2 saturated carbocycles. The molecule has 2 bridgehead atoms. The highest BCUT2D eigenvalue weighted by Gasteiger charge is 2.40. The summed E-state index contributed by atoms with van der Waals surface area (Å²) in [4.78, 5) is 0. The van der Waals surface area contributed by atoms with E-state index in [4.69, 9.17) is 5.84 Å². The number of aryl methyl sites for hydroxylation is 1. The predicted octanol–water partition coefficient (Wildman–Crippen LogP) is 3.46. The van der Waals surface area contributed by atoms with Crippen LogP contribution in [0.4, 0.5) is 4.39 Å². The van der Waals surface area contributed by atoms with Gasteiger partial charge in [-0.2, -0.15) is 0 Å². The molecule has 0 saturated heterocycles. The molecule has 1 aromatic rings. The number of rotatable bonds is 4. The summed E-state index contributed by atoms with van der Waals surface area (Å²) < 4.78 is 14.2. The van der Waals surface area contributed by atoms with Gasteiger partial charge in [-0.1, -0.05) is 24.6 Å². The summed E-state index contributed by atoms with van der Waals surface area (Å²) >= 11 is 0. The minimum Gasteiger partial charge on any atom is -0.271 e. The first kappa shape index (κ1) is 13.1. The van der Waals surface area contributed by atoms with Gasteiger partial charge in [0.25, 0.3) is 0 Å². The highest BCUT2D eigenvalue weighted by Crippen LogP contribution is 2.50. The summed E-state index contributed by atoms with van der Waals surface area (Å²) in [7, 11) is 0. The Labute approximate surface area is 114 Å². The molecule has 3 N–H and O–H groups in total. The standard InChI is InChI=1S/C16H23FN2/c1-10-3-2-4-14(16(10)17)15(19-18)9-13-8-11-5-6-12(13)7-11/h2-4,11-13,15,19H,5-9,18H2,1H3. The number of halogens is 1. The zero-order chi connectivity index (χ0) is 13.4. The van der Waals surface area contributed by atoms with Crippen molar-refractivity contribution in [3.05, 3.63) is 35.1 Å². The average molecular weight is 262 g/mol. The van der Waals surface area contributed by atoms with Crippen LogP contribution in [0.2, 0.25) is 0 Å². The van der Waals surface area contributed by atoms with Gasteiger partial charge in [-0.05, 0) is 55.9 Å². The van der Waals surface area contributed by atoms with E-state index in [1.807, 2.05) is 25.1 Å². The normalized spacial score (nSPS) is 30.8. The lowest BCUT2D eigenvalue weighted by Gasteiger charge is -2.27. The second kappa shape index (κ2) is 5.22. The molecule has 0 heterocycles. The molecule has 3 heteroatoms. The van der Waals surface area contributed by atoms with Crippen molar-refractivity contribution < 1.29 is 4.39 Å². The maximum Gasteiger partial charge on any atom is 0.130 e. The average Bonchev–Trinajstić information content (AvgIpc) is 3.02. The Morgan fingerprint density at radius 1 is 1.37 bits per heavy atom. The van der Waals surface area contributed by atoms with Gasteiger partial charge in [0, 0.05) is 11.6 Å². The molecule has 104 valence electrons. The summed E-state index contributed by atoms with van der Waals surface area (Å²) in [6, 6.07) is 5.53. The van der Waals surface area contributed by atoms with Crippen molar-refractivity contribution in [2.75, 3.05) is 0 Å². The molecule has 0 spiro atoms. The summed E-state index contributed by atoms with van der Waals surface area (Å²) in [5.41, 5.74) is 4.26. The van der Waals surface area contributed by atoms with Crippen molar-refractivity contribution in [3.8, 4) is 0 Å². The zero-order valence-electron chi connectivity index (χ0n) is 11.5. The second-order valence-electron chi connectivity index (χ2n) is 6.37. The number of nitrogens with two attached hydrogens (primary N) is 1. The van der Waals surface area contributed by atoms with E-state index in [1.165, 1.54) is 25.7 Å². The third kappa shape index (κ3) is 2.41. The number of nitrogens with one attached hydrogen (secondary N) is 1. The van der Waals surface area contributed by atoms with Crippen LogP contribution in [-0.4, -0.2) is 0 Å². The molecule has 2 fully saturated rings. The molecule has 0 amide bonds. The number of fused-ring (bicyclic) bond motifs is 2. The van der Waals surface area contributed by atoms with Crippen LogP contribution in [-0.2, 0) is 0 Å². The quantitative estimate of drug-likeness (QED) is 0.644. The van der Waals surface area contributed by atoms with E-state index < -0.39 is 0 Å². The highest BCUT2D eigenvalue weighted by atomic mass is 19.1. The van der Waals surface area contributed by atoms with Gasteiger partial charge in [-0.25, -0.2) is 4.39 Å². The fourth-order valence-corrected chi connectivity index (χ4v) is 4.19. The van der Waals surface area contributed by atoms with E-state index in [9.17, 15) is 4.39 Å². The molecule has 0 radical (unpaired) electrons. The molecule has 2 aliphatic carbocycles. The molecule has 1 aromatic carbocycles. The summed E-state index contributed by atoms with van der Waals surface area (Å²) in [5, 5.41) is 0. The fraction of sp³-hybridized carbons (Fsp3) is 0.625. The number of benzene rings is 1. The van der Waals surface area contributed by atoms with Crippen LogP contribution in [0.5, 0.6) is 0 Å². The van der Waals surface area contributed by atoms with Gasteiger partial charge in [0.05, 0.1) is 0 Å². The van der Waals surface area contributed by atoms with Crippen molar-refractivity contribution in [1.29, 1.82) is 0 Å². The van der Waals surface area contributed by atoms with Gasteiger partial charge in [0.2, 0.25) is 0 Å². The van der Waals surface area contributed by atoms with Crippen molar-refractivity contribution in [2.24, 2.45) is 23.6 Å². The number of hydrazine groups is 1. The van der Waals surface area contributed by atoms with E-state index in [0.29, 0.717) is 5.56 Å². The van der Waals surface area contributed by atoms with E-state index >= 15 is 0 Å². The Kier molecular flexibility index (Phi) is 3.59. The molecular formula is C16H23FN2. The first-order valence-corrected chi connectivity index (χ1v) is 7.40. The number of hydrogen-bond acceptors (Lipinski definition) is 2. The van der Waals surface area contributed by atoms with Crippen LogP contribution in [0.25, 0.3) is 0 Å². The summed E-state index contributed by atoms with van der Waals surface area (Å²) in [6.45, 7) is 1.81. The molecular weight excluding hydrogens is 239 g/mol. The minimum absolute atomic E-state index is 0.0516. The molecule has 4 unspecified atom stereocenters. The third-order valence-electron chi connectivity index (χ3n) is 5.22. The lowest BCUT2D eigenvalue weighted by molar-refractivity contribution is 0.277. The third-order valence-corrected chi connectivity index (χ3v) is 5.22. The molecule has 2 aliphatic rings. The van der Waals surface area contributed by atoms with Gasteiger partial charge in [-0.3, -0.25) is 11.3 Å². The molecule has 3 rings (SSSR count). The van der Waals surface area contributed by atoms with Crippen LogP contribution >= 0.6 is 0 Å². The number of hydrogen-bond donors (Lipinski definition) is 2. The Balaban J connectivity index is 1.75. The van der Waals surface area contributed by atoms with Crippen LogP contribution in [0, 0.1) is 30.5 Å². The Morgan fingerprint density at radius 3 is 2.84 bits per heavy atom. The van der Waals surface area contributed by atoms with Gasteiger partial charge in [0.1, 0.15) is 5.82 Å². The van der Waals surface area contributed by atoms with Crippen LogP contribution in [0.3, 0.4) is 0 Å². The second-order valence-corrected chi connectivity index (χ2v) is 6.37. The molecule has 0 aromatic heterocycles. The Hall–Kier alpha value is -0.930. The summed E-state index contributed by atoms with van der Waals surface area (Å²) in [6.07, 6.45) is 6.44. The molecule has 0 aliphatic heterocycles. The predicted molar refractivity (Wildman–Crippen MR) is 74.8 cm³/mol. The zero-order valence-corrected chi connectivity index (χ0v) is 11.5. The monoisotopic (exact) mass is 262 g/mol. The van der Waals surface area contributed by atoms with E-state index in [2.05, 4.69) is 5.43 Å². The lowest BCUT2D eigenvalue weighted by atomic mass is 9.82. The van der Waals surface area contributed by atoms with Crippen molar-refractivity contribution in [1.82, 2.24) is 5.43 Å². The first-order valence-electron chi connectivity index (χ1n) is 7.40. The minimum atomic E-state index is -0.103. The van der Waals surface area contributed by atoms with Gasteiger partial charge in [0.15, 0.2) is 0 Å². The highest BCUT2D eigenvalue weighted by molar-refractivity contribution is 5.27. The first-order chi connectivity index (χ1) is 9.19. The smallest absolute Gasteiger partial charge is 0.130 e. The molecule has 4 atom stereocenters. The van der Waals surface area contributed by atoms with Crippen molar-refractivity contribution in [3.63, 3.8) is 0 Å². The maximum absolute atomic E-state index is 14.2. The van der Waals surface area contributed by atoms with Crippen molar-refractivity contribution in [2.45, 2.75) is 45.1 Å². The van der Waals surface area contributed by atoms with Crippen LogP contribution < -0.4 is 11.3 Å². The molecule has 2 nitrogen and oxygen atoms in total.